The number of thioether (sulfide) groups is 1. The Morgan fingerprint density at radius 2 is 2.27 bits per heavy atom. The highest BCUT2D eigenvalue weighted by molar-refractivity contribution is 8.00. The molecule has 0 amide bonds. The molecule has 0 bridgehead atoms. The second kappa shape index (κ2) is 4.67. The van der Waals surface area contributed by atoms with E-state index in [0.29, 0.717) is 6.04 Å². The Kier molecular flexibility index (Phi) is 3.47. The van der Waals surface area contributed by atoms with Crippen molar-refractivity contribution in [3.05, 3.63) is 28.8 Å². The van der Waals surface area contributed by atoms with Gasteiger partial charge >= 0.3 is 0 Å². The molecule has 0 aliphatic carbocycles. The van der Waals surface area contributed by atoms with Gasteiger partial charge in [-0.05, 0) is 31.0 Å². The van der Waals surface area contributed by atoms with Crippen molar-refractivity contribution in [1.82, 2.24) is 0 Å². The SMILES string of the molecule is Cc1ccc(Cl)cc1NC1CSC(C)C1. The lowest BCUT2D eigenvalue weighted by atomic mass is 10.1. The predicted octanol–water partition coefficient (Wildman–Crippen LogP) is 3.95. The van der Waals surface area contributed by atoms with Crippen LogP contribution in [0.25, 0.3) is 0 Å². The third-order valence-corrected chi connectivity index (χ3v) is 4.35. The van der Waals surface area contributed by atoms with Crippen molar-refractivity contribution in [3.63, 3.8) is 0 Å². The summed E-state index contributed by atoms with van der Waals surface area (Å²) < 4.78 is 0. The van der Waals surface area contributed by atoms with Crippen LogP contribution in [0.2, 0.25) is 5.02 Å². The Morgan fingerprint density at radius 1 is 1.47 bits per heavy atom. The third-order valence-electron chi connectivity index (χ3n) is 2.76. The maximum absolute atomic E-state index is 5.99. The molecule has 1 aliphatic rings. The van der Waals surface area contributed by atoms with E-state index in [1.807, 2.05) is 23.9 Å². The van der Waals surface area contributed by atoms with Crippen molar-refractivity contribution in [2.45, 2.75) is 31.6 Å². The minimum absolute atomic E-state index is 0.599. The van der Waals surface area contributed by atoms with Crippen LogP contribution in [0.15, 0.2) is 18.2 Å². The molecule has 0 aromatic heterocycles. The third kappa shape index (κ3) is 2.82. The summed E-state index contributed by atoms with van der Waals surface area (Å²) in [6, 6.07) is 6.62. The fourth-order valence-corrected chi connectivity index (χ4v) is 3.21. The number of hydrogen-bond donors (Lipinski definition) is 1. The highest BCUT2D eigenvalue weighted by Gasteiger charge is 2.21. The summed E-state index contributed by atoms with van der Waals surface area (Å²) in [6.07, 6.45) is 1.25. The minimum atomic E-state index is 0.599. The maximum Gasteiger partial charge on any atom is 0.0426 e. The first kappa shape index (κ1) is 11.2. The second-order valence-corrected chi connectivity index (χ2v) is 6.09. The fraction of sp³-hybridized carbons (Fsp3) is 0.500. The number of rotatable bonds is 2. The van der Waals surface area contributed by atoms with Gasteiger partial charge in [0.2, 0.25) is 0 Å². The Labute approximate surface area is 101 Å². The lowest BCUT2D eigenvalue weighted by Gasteiger charge is -2.15. The molecule has 0 spiro atoms. The van der Waals surface area contributed by atoms with Crippen LogP contribution in [0.5, 0.6) is 0 Å². The lowest BCUT2D eigenvalue weighted by Crippen LogP contribution is -2.19. The molecule has 1 saturated heterocycles. The Morgan fingerprint density at radius 3 is 2.93 bits per heavy atom. The number of halogens is 1. The van der Waals surface area contributed by atoms with Gasteiger partial charge in [0.15, 0.2) is 0 Å². The first-order chi connectivity index (χ1) is 7.15. The van der Waals surface area contributed by atoms with Crippen LogP contribution >= 0.6 is 23.4 Å². The van der Waals surface area contributed by atoms with Crippen LogP contribution in [0.1, 0.15) is 18.9 Å². The zero-order valence-electron chi connectivity index (χ0n) is 9.09. The highest BCUT2D eigenvalue weighted by Crippen LogP contribution is 2.29. The summed E-state index contributed by atoms with van der Waals surface area (Å²) in [7, 11) is 0. The van der Waals surface area contributed by atoms with Gasteiger partial charge in [0.1, 0.15) is 0 Å². The molecule has 1 aromatic rings. The van der Waals surface area contributed by atoms with E-state index < -0.39 is 0 Å². The second-order valence-electron chi connectivity index (χ2n) is 4.18. The Bertz CT molecular complexity index is 353. The van der Waals surface area contributed by atoms with Crippen molar-refractivity contribution < 1.29 is 0 Å². The van der Waals surface area contributed by atoms with E-state index in [9.17, 15) is 0 Å². The van der Waals surface area contributed by atoms with Gasteiger partial charge in [0.05, 0.1) is 0 Å². The monoisotopic (exact) mass is 241 g/mol. The maximum atomic E-state index is 5.99. The van der Waals surface area contributed by atoms with Crippen molar-refractivity contribution in [2.24, 2.45) is 0 Å². The molecule has 1 N–H and O–H groups in total. The van der Waals surface area contributed by atoms with Crippen molar-refractivity contribution in [3.8, 4) is 0 Å². The molecule has 1 aromatic carbocycles. The van der Waals surface area contributed by atoms with Crippen molar-refractivity contribution >= 4 is 29.1 Å². The molecule has 1 heterocycles. The molecule has 1 fully saturated rings. The van der Waals surface area contributed by atoms with Crippen molar-refractivity contribution in [2.75, 3.05) is 11.1 Å². The van der Waals surface area contributed by atoms with Crippen LogP contribution in [0, 0.1) is 6.92 Å². The highest BCUT2D eigenvalue weighted by atomic mass is 35.5. The molecule has 1 nitrogen and oxygen atoms in total. The zero-order chi connectivity index (χ0) is 10.8. The Balaban J connectivity index is 2.07. The van der Waals surface area contributed by atoms with Crippen LogP contribution < -0.4 is 5.32 Å². The normalized spacial score (nSPS) is 25.5. The largest absolute Gasteiger partial charge is 0.381 e. The fourth-order valence-electron chi connectivity index (χ4n) is 1.89. The standard InChI is InChI=1S/C12H16ClNS/c1-8-3-4-10(13)6-12(8)14-11-5-9(2)15-7-11/h3-4,6,9,11,14H,5,7H2,1-2H3. The molecule has 0 saturated carbocycles. The number of hydrogen-bond acceptors (Lipinski definition) is 2. The smallest absolute Gasteiger partial charge is 0.0426 e. The van der Waals surface area contributed by atoms with E-state index in [4.69, 9.17) is 11.6 Å². The summed E-state index contributed by atoms with van der Waals surface area (Å²) in [6.45, 7) is 4.40. The predicted molar refractivity (Wildman–Crippen MR) is 70.1 cm³/mol. The van der Waals surface area contributed by atoms with E-state index in [1.54, 1.807) is 0 Å². The van der Waals surface area contributed by atoms with Gasteiger partial charge in [0.25, 0.3) is 0 Å². The first-order valence-electron chi connectivity index (χ1n) is 5.29. The van der Waals surface area contributed by atoms with Gasteiger partial charge in [-0.15, -0.1) is 0 Å². The van der Waals surface area contributed by atoms with Gasteiger partial charge < -0.3 is 5.32 Å². The molecule has 0 radical (unpaired) electrons. The lowest BCUT2D eigenvalue weighted by molar-refractivity contribution is 0.746. The number of nitrogens with one attached hydrogen (secondary N) is 1. The van der Waals surface area contributed by atoms with E-state index in [-0.39, 0.29) is 0 Å². The quantitative estimate of drug-likeness (QED) is 0.842. The van der Waals surface area contributed by atoms with Gasteiger partial charge in [-0.3, -0.25) is 0 Å². The molecule has 82 valence electrons. The molecular formula is C12H16ClNS. The average molecular weight is 242 g/mol. The molecule has 3 heteroatoms. The molecule has 2 rings (SSSR count). The summed E-state index contributed by atoms with van der Waals surface area (Å²) >= 11 is 8.02. The van der Waals surface area contributed by atoms with Gasteiger partial charge in [0, 0.05) is 27.8 Å². The van der Waals surface area contributed by atoms with Crippen LogP contribution in [0.4, 0.5) is 5.69 Å². The average Bonchev–Trinajstić information content (AvgIpc) is 2.58. The number of benzene rings is 1. The van der Waals surface area contributed by atoms with Gasteiger partial charge in [-0.1, -0.05) is 24.6 Å². The summed E-state index contributed by atoms with van der Waals surface area (Å²) in [5, 5.41) is 5.16. The summed E-state index contributed by atoms with van der Waals surface area (Å²) in [5.74, 6) is 1.20. The van der Waals surface area contributed by atoms with E-state index >= 15 is 0 Å². The van der Waals surface area contributed by atoms with E-state index in [0.717, 1.165) is 10.3 Å². The topological polar surface area (TPSA) is 12.0 Å². The Hall–Kier alpha value is -0.340. The molecule has 15 heavy (non-hydrogen) atoms. The van der Waals surface area contributed by atoms with E-state index in [2.05, 4.69) is 25.2 Å². The zero-order valence-corrected chi connectivity index (χ0v) is 10.7. The minimum Gasteiger partial charge on any atom is -0.381 e. The number of aryl methyl sites for hydroxylation is 1. The molecule has 2 atom stereocenters. The molecular weight excluding hydrogens is 226 g/mol. The van der Waals surface area contributed by atoms with Gasteiger partial charge in [-0.25, -0.2) is 0 Å². The summed E-state index contributed by atoms with van der Waals surface area (Å²) in [4.78, 5) is 0. The van der Waals surface area contributed by atoms with Crippen LogP contribution in [-0.2, 0) is 0 Å². The van der Waals surface area contributed by atoms with Gasteiger partial charge in [-0.2, -0.15) is 11.8 Å². The van der Waals surface area contributed by atoms with Crippen LogP contribution in [0.3, 0.4) is 0 Å². The van der Waals surface area contributed by atoms with Crippen molar-refractivity contribution in [1.29, 1.82) is 0 Å². The molecule has 1 aliphatic heterocycles. The van der Waals surface area contributed by atoms with E-state index in [1.165, 1.54) is 23.4 Å². The summed E-state index contributed by atoms with van der Waals surface area (Å²) in [5.41, 5.74) is 2.45. The van der Waals surface area contributed by atoms with Crippen LogP contribution in [-0.4, -0.2) is 17.0 Å². The first-order valence-corrected chi connectivity index (χ1v) is 6.72. The molecule has 2 unspecified atom stereocenters. The number of anilines is 1.